The smallest absolute Gasteiger partial charge is 0.238 e. The van der Waals surface area contributed by atoms with E-state index in [4.69, 9.17) is 11.6 Å². The van der Waals surface area contributed by atoms with Crippen LogP contribution in [0.25, 0.3) is 0 Å². The van der Waals surface area contributed by atoms with Crippen molar-refractivity contribution in [3.63, 3.8) is 0 Å². The zero-order chi connectivity index (χ0) is 17.9. The average Bonchev–Trinajstić information content (AvgIpc) is 2.60. The summed E-state index contributed by atoms with van der Waals surface area (Å²) in [5, 5.41) is 14.1. The minimum atomic E-state index is -0.900. The Morgan fingerprint density at radius 3 is 2.44 bits per heavy atom. The molecule has 6 heteroatoms. The second-order valence-corrected chi connectivity index (χ2v) is 6.78. The molecule has 0 aromatic heterocycles. The van der Waals surface area contributed by atoms with Crippen LogP contribution >= 0.6 is 11.6 Å². The number of halogens is 2. The van der Waals surface area contributed by atoms with Crippen molar-refractivity contribution in [2.45, 2.75) is 18.4 Å². The minimum absolute atomic E-state index is 0.172. The fourth-order valence-electron chi connectivity index (χ4n) is 3.09. The van der Waals surface area contributed by atoms with Crippen LogP contribution in [0.2, 0.25) is 5.02 Å². The summed E-state index contributed by atoms with van der Waals surface area (Å²) in [6, 6.07) is 13.3. The molecule has 1 aliphatic heterocycles. The fraction of sp³-hybridized carbons (Fsp3) is 0.316. The number of hydrogen-bond donors (Lipinski definition) is 2. The van der Waals surface area contributed by atoms with Crippen molar-refractivity contribution in [3.8, 4) is 0 Å². The number of carbonyl (C=O) groups excluding carboxylic acids is 1. The number of nitrogens with zero attached hydrogens (tertiary/aromatic N) is 1. The van der Waals surface area contributed by atoms with Crippen molar-refractivity contribution in [3.05, 3.63) is 64.9 Å². The van der Waals surface area contributed by atoms with Gasteiger partial charge in [0.15, 0.2) is 0 Å². The second-order valence-electron chi connectivity index (χ2n) is 6.34. The number of hydrogen-bond acceptors (Lipinski definition) is 3. The lowest BCUT2D eigenvalue weighted by Gasteiger charge is -2.38. The molecule has 0 bridgehead atoms. The van der Waals surface area contributed by atoms with Gasteiger partial charge in [0.2, 0.25) is 5.91 Å². The maximum Gasteiger partial charge on any atom is 0.238 e. The summed E-state index contributed by atoms with van der Waals surface area (Å²) in [6.45, 7) is 1.35. The van der Waals surface area contributed by atoms with Crippen LogP contribution in [0.3, 0.4) is 0 Å². The lowest BCUT2D eigenvalue weighted by atomic mass is 9.84. The highest BCUT2D eigenvalue weighted by atomic mass is 35.5. The summed E-state index contributed by atoms with van der Waals surface area (Å²) in [7, 11) is 0. The number of para-hydroxylation sites is 1. The van der Waals surface area contributed by atoms with Crippen LogP contribution in [0.1, 0.15) is 18.4 Å². The van der Waals surface area contributed by atoms with E-state index in [1.807, 2.05) is 17.0 Å². The van der Waals surface area contributed by atoms with Gasteiger partial charge in [0.25, 0.3) is 0 Å². The number of nitrogens with one attached hydrogen (secondary N) is 1. The van der Waals surface area contributed by atoms with Gasteiger partial charge in [-0.05, 0) is 42.7 Å². The highest BCUT2D eigenvalue weighted by Gasteiger charge is 2.34. The number of benzene rings is 2. The lowest BCUT2D eigenvalue weighted by molar-refractivity contribution is -0.118. The molecule has 0 aliphatic carbocycles. The molecule has 3 rings (SSSR count). The molecule has 1 amide bonds. The van der Waals surface area contributed by atoms with Gasteiger partial charge in [0.05, 0.1) is 17.8 Å². The first-order valence-electron chi connectivity index (χ1n) is 8.21. The topological polar surface area (TPSA) is 52.6 Å². The molecule has 0 unspecified atom stereocenters. The number of rotatable bonds is 4. The third kappa shape index (κ3) is 4.37. The molecule has 1 aliphatic rings. The Balaban J connectivity index is 1.54. The van der Waals surface area contributed by atoms with Gasteiger partial charge in [0, 0.05) is 18.1 Å². The largest absolute Gasteiger partial charge is 0.385 e. The Labute approximate surface area is 151 Å². The fourth-order valence-corrected chi connectivity index (χ4v) is 3.21. The molecule has 0 atom stereocenters. The van der Waals surface area contributed by atoms with Crippen molar-refractivity contribution in [1.29, 1.82) is 0 Å². The van der Waals surface area contributed by atoms with E-state index in [2.05, 4.69) is 5.32 Å². The highest BCUT2D eigenvalue weighted by molar-refractivity contribution is 6.30. The molecule has 2 N–H and O–H groups in total. The van der Waals surface area contributed by atoms with E-state index < -0.39 is 11.4 Å². The van der Waals surface area contributed by atoms with E-state index in [1.165, 1.54) is 12.1 Å². The number of piperidine rings is 1. The summed E-state index contributed by atoms with van der Waals surface area (Å²) in [6.07, 6.45) is 1.06. The third-order valence-corrected chi connectivity index (χ3v) is 4.83. The van der Waals surface area contributed by atoms with Crippen molar-refractivity contribution >= 4 is 23.2 Å². The summed E-state index contributed by atoms with van der Waals surface area (Å²) in [5.74, 6) is -0.714. The quantitative estimate of drug-likeness (QED) is 0.876. The second kappa shape index (κ2) is 7.52. The molecular formula is C19H20ClFN2O2. The van der Waals surface area contributed by atoms with Gasteiger partial charge in [-0.2, -0.15) is 0 Å². The van der Waals surface area contributed by atoms with E-state index >= 15 is 0 Å². The highest BCUT2D eigenvalue weighted by Crippen LogP contribution is 2.33. The van der Waals surface area contributed by atoms with Crippen molar-refractivity contribution in [2.75, 3.05) is 25.0 Å². The standard InChI is InChI=1S/C19H20ClFN2O2/c20-15-7-5-14(6-8-15)19(25)9-11-23(12-10-19)13-18(24)22-17-4-2-1-3-16(17)21/h1-8,25H,9-13H2,(H,22,24). The SMILES string of the molecule is O=C(CN1CCC(O)(c2ccc(Cl)cc2)CC1)Nc1ccccc1F. The van der Waals surface area contributed by atoms with Gasteiger partial charge in [-0.15, -0.1) is 0 Å². The Bertz CT molecular complexity index is 743. The molecular weight excluding hydrogens is 343 g/mol. The van der Waals surface area contributed by atoms with Gasteiger partial charge in [0.1, 0.15) is 5.82 Å². The molecule has 1 saturated heterocycles. The first-order valence-corrected chi connectivity index (χ1v) is 8.59. The van der Waals surface area contributed by atoms with E-state index in [0.29, 0.717) is 31.0 Å². The van der Waals surface area contributed by atoms with Gasteiger partial charge in [-0.1, -0.05) is 35.9 Å². The zero-order valence-electron chi connectivity index (χ0n) is 13.7. The van der Waals surface area contributed by atoms with Gasteiger partial charge in [-0.25, -0.2) is 4.39 Å². The molecule has 4 nitrogen and oxygen atoms in total. The normalized spacial score (nSPS) is 17.2. The van der Waals surface area contributed by atoms with Crippen LogP contribution < -0.4 is 5.32 Å². The summed E-state index contributed by atoms with van der Waals surface area (Å²) >= 11 is 5.89. The first kappa shape index (κ1) is 17.9. The summed E-state index contributed by atoms with van der Waals surface area (Å²) in [4.78, 5) is 14.1. The Kier molecular flexibility index (Phi) is 5.37. The Morgan fingerprint density at radius 1 is 1.16 bits per heavy atom. The van der Waals surface area contributed by atoms with Gasteiger partial charge >= 0.3 is 0 Å². The minimum Gasteiger partial charge on any atom is -0.385 e. The number of carbonyl (C=O) groups is 1. The molecule has 0 spiro atoms. The average molecular weight is 363 g/mol. The van der Waals surface area contributed by atoms with E-state index in [-0.39, 0.29) is 18.1 Å². The monoisotopic (exact) mass is 362 g/mol. The van der Waals surface area contributed by atoms with Gasteiger partial charge < -0.3 is 10.4 Å². The molecule has 25 heavy (non-hydrogen) atoms. The van der Waals surface area contributed by atoms with Crippen LogP contribution in [0.5, 0.6) is 0 Å². The van der Waals surface area contributed by atoms with Crippen molar-refractivity contribution in [2.24, 2.45) is 0 Å². The van der Waals surface area contributed by atoms with Crippen LogP contribution in [-0.4, -0.2) is 35.5 Å². The van der Waals surface area contributed by atoms with Crippen molar-refractivity contribution in [1.82, 2.24) is 4.90 Å². The number of likely N-dealkylation sites (tertiary alicyclic amines) is 1. The van der Waals surface area contributed by atoms with E-state index in [0.717, 1.165) is 5.56 Å². The first-order chi connectivity index (χ1) is 12.0. The summed E-state index contributed by atoms with van der Waals surface area (Å²) < 4.78 is 13.6. The summed E-state index contributed by atoms with van der Waals surface area (Å²) in [5.41, 5.74) is 0.123. The van der Waals surface area contributed by atoms with E-state index in [1.54, 1.807) is 24.3 Å². The number of anilines is 1. The Morgan fingerprint density at radius 2 is 1.80 bits per heavy atom. The molecule has 2 aromatic rings. The van der Waals surface area contributed by atoms with Crippen LogP contribution in [0.15, 0.2) is 48.5 Å². The van der Waals surface area contributed by atoms with Crippen LogP contribution in [0.4, 0.5) is 10.1 Å². The zero-order valence-corrected chi connectivity index (χ0v) is 14.5. The predicted octanol–water partition coefficient (Wildman–Crippen LogP) is 3.40. The molecule has 0 saturated carbocycles. The van der Waals surface area contributed by atoms with Crippen LogP contribution in [-0.2, 0) is 10.4 Å². The lowest BCUT2D eigenvalue weighted by Crippen LogP contribution is -2.45. The van der Waals surface area contributed by atoms with E-state index in [9.17, 15) is 14.3 Å². The molecule has 1 heterocycles. The van der Waals surface area contributed by atoms with Crippen LogP contribution in [0, 0.1) is 5.82 Å². The van der Waals surface area contributed by atoms with Gasteiger partial charge in [-0.3, -0.25) is 9.69 Å². The predicted molar refractivity (Wildman–Crippen MR) is 96.1 cm³/mol. The number of amides is 1. The molecule has 132 valence electrons. The number of aliphatic hydroxyl groups is 1. The third-order valence-electron chi connectivity index (χ3n) is 4.58. The molecule has 2 aromatic carbocycles. The molecule has 1 fully saturated rings. The molecule has 0 radical (unpaired) electrons. The maximum absolute atomic E-state index is 13.6. The Hall–Kier alpha value is -1.95. The van der Waals surface area contributed by atoms with Crippen molar-refractivity contribution < 1.29 is 14.3 Å². The maximum atomic E-state index is 13.6.